The molecule has 0 radical (unpaired) electrons. The highest BCUT2D eigenvalue weighted by Gasteiger charge is 2.06. The fourth-order valence-corrected chi connectivity index (χ4v) is 1.65. The Kier molecular flexibility index (Phi) is 8.74. The maximum Gasteiger partial charge on any atom is 0.374 e. The number of nitrogens with zero attached hydrogens (tertiary/aromatic N) is 1. The van der Waals surface area contributed by atoms with Gasteiger partial charge in [0.2, 0.25) is 0 Å². The minimum absolute atomic E-state index is 0.345. The van der Waals surface area contributed by atoms with Gasteiger partial charge in [-0.2, -0.15) is 0 Å². The Morgan fingerprint density at radius 1 is 1.53 bits per heavy atom. The van der Waals surface area contributed by atoms with Crippen molar-refractivity contribution in [2.45, 2.75) is 13.3 Å². The van der Waals surface area contributed by atoms with Crippen molar-refractivity contribution in [1.82, 2.24) is 10.2 Å². The molecular weight excluding hydrogens is 232 g/mol. The first kappa shape index (κ1) is 14.7. The largest absolute Gasteiger partial charge is 0.458 e. The second-order valence-corrected chi connectivity index (χ2v) is 4.77. The summed E-state index contributed by atoms with van der Waals surface area (Å²) in [7, 11) is 4.04. The topological polar surface area (TPSA) is 41.6 Å². The fourth-order valence-electron chi connectivity index (χ4n) is 0.845. The summed E-state index contributed by atoms with van der Waals surface area (Å²) in [6.45, 7) is 3.93. The molecule has 0 bridgehead atoms. The van der Waals surface area contributed by atoms with E-state index in [2.05, 4.69) is 10.2 Å². The van der Waals surface area contributed by atoms with Crippen LogP contribution in [0.15, 0.2) is 0 Å². The van der Waals surface area contributed by atoms with E-state index in [0.717, 1.165) is 31.3 Å². The number of ether oxygens (including phenoxy) is 1. The van der Waals surface area contributed by atoms with Crippen LogP contribution < -0.4 is 5.32 Å². The van der Waals surface area contributed by atoms with Crippen LogP contribution in [0.1, 0.15) is 13.3 Å². The normalized spacial score (nSPS) is 10.1. The number of carbonyl (C=O) groups is 1. The molecule has 0 rings (SSSR count). The third kappa shape index (κ3) is 9.96. The zero-order chi connectivity index (χ0) is 11.7. The minimum Gasteiger partial charge on any atom is -0.458 e. The Hall–Kier alpha value is -0.330. The summed E-state index contributed by atoms with van der Waals surface area (Å²) in [4.78, 5) is 13.1. The maximum absolute atomic E-state index is 11.0. The number of hydrogen-bond acceptors (Lipinski definition) is 5. The van der Waals surface area contributed by atoms with Gasteiger partial charge in [-0.25, -0.2) is 4.79 Å². The summed E-state index contributed by atoms with van der Waals surface area (Å²) >= 11 is 5.89. The Bertz CT molecular complexity index is 210. The maximum atomic E-state index is 11.0. The van der Waals surface area contributed by atoms with Crippen molar-refractivity contribution in [2.24, 2.45) is 0 Å². The van der Waals surface area contributed by atoms with E-state index in [1.165, 1.54) is 0 Å². The van der Waals surface area contributed by atoms with Crippen LogP contribution >= 0.6 is 24.0 Å². The summed E-state index contributed by atoms with van der Waals surface area (Å²) in [5.74, 6) is 0. The lowest BCUT2D eigenvalue weighted by molar-refractivity contribution is 0.182. The highest BCUT2D eigenvalue weighted by Crippen LogP contribution is 2.06. The molecule has 0 saturated carbocycles. The van der Waals surface area contributed by atoms with Crippen LogP contribution in [0.25, 0.3) is 0 Å². The van der Waals surface area contributed by atoms with Gasteiger partial charge in [-0.3, -0.25) is 0 Å². The molecule has 0 amide bonds. The van der Waals surface area contributed by atoms with E-state index in [1.54, 1.807) is 6.92 Å². The Balaban J connectivity index is 3.45. The van der Waals surface area contributed by atoms with Gasteiger partial charge in [-0.05, 0) is 34.0 Å². The number of hydrogen-bond donors (Lipinski definition) is 1. The molecule has 1 N–H and O–H groups in total. The monoisotopic (exact) mass is 250 g/mol. The molecule has 0 aliphatic carbocycles. The predicted molar refractivity (Wildman–Crippen MR) is 68.4 cm³/mol. The van der Waals surface area contributed by atoms with E-state index in [9.17, 15) is 4.79 Å². The second-order valence-electron chi connectivity index (χ2n) is 3.16. The quantitative estimate of drug-likeness (QED) is 0.455. The molecule has 0 saturated heterocycles. The average molecular weight is 250 g/mol. The number of thiocarbonyl (C=S) groups is 1. The van der Waals surface area contributed by atoms with Crippen molar-refractivity contribution < 1.29 is 9.53 Å². The van der Waals surface area contributed by atoms with Gasteiger partial charge in [0, 0.05) is 18.3 Å². The van der Waals surface area contributed by atoms with Gasteiger partial charge in [0.05, 0.1) is 6.61 Å². The van der Waals surface area contributed by atoms with E-state index in [0.29, 0.717) is 10.9 Å². The smallest absolute Gasteiger partial charge is 0.374 e. The Morgan fingerprint density at radius 2 is 2.20 bits per heavy atom. The van der Waals surface area contributed by atoms with Crippen molar-refractivity contribution in [3.8, 4) is 0 Å². The van der Waals surface area contributed by atoms with Crippen molar-refractivity contribution >= 4 is 33.6 Å². The SMILES string of the molecule is CCOC(=O)SC(=S)NCCCN(C)C. The summed E-state index contributed by atoms with van der Waals surface area (Å²) in [6, 6.07) is 0. The van der Waals surface area contributed by atoms with Crippen LogP contribution in [-0.4, -0.2) is 48.3 Å². The number of nitrogens with one attached hydrogen (secondary N) is 1. The lowest BCUT2D eigenvalue weighted by Gasteiger charge is -2.10. The molecule has 0 unspecified atom stereocenters. The standard InChI is InChI=1S/C9H18N2O2S2/c1-4-13-9(12)15-8(14)10-6-5-7-11(2)3/h4-7H2,1-3H3,(H,10,14). The van der Waals surface area contributed by atoms with Crippen LogP contribution in [0.4, 0.5) is 4.79 Å². The fraction of sp³-hybridized carbons (Fsp3) is 0.778. The third-order valence-electron chi connectivity index (χ3n) is 1.49. The first-order valence-corrected chi connectivity index (χ1v) is 6.06. The van der Waals surface area contributed by atoms with Crippen molar-refractivity contribution in [3.63, 3.8) is 0 Å². The van der Waals surface area contributed by atoms with Crippen molar-refractivity contribution in [3.05, 3.63) is 0 Å². The minimum atomic E-state index is -0.345. The van der Waals surface area contributed by atoms with Gasteiger partial charge in [0.15, 0.2) is 0 Å². The first-order valence-electron chi connectivity index (χ1n) is 4.83. The number of carbonyl (C=O) groups excluding carboxylic acids is 1. The van der Waals surface area contributed by atoms with Gasteiger partial charge in [-0.1, -0.05) is 12.2 Å². The average Bonchev–Trinajstić information content (AvgIpc) is 2.12. The van der Waals surface area contributed by atoms with Gasteiger partial charge < -0.3 is 15.0 Å². The van der Waals surface area contributed by atoms with Crippen LogP contribution in [0.2, 0.25) is 0 Å². The zero-order valence-electron chi connectivity index (χ0n) is 9.41. The lowest BCUT2D eigenvalue weighted by Crippen LogP contribution is -2.24. The van der Waals surface area contributed by atoms with Gasteiger partial charge in [0.1, 0.15) is 4.32 Å². The predicted octanol–water partition coefficient (Wildman–Crippen LogP) is 1.70. The van der Waals surface area contributed by atoms with Crippen LogP contribution in [0, 0.1) is 0 Å². The molecule has 15 heavy (non-hydrogen) atoms. The summed E-state index contributed by atoms with van der Waals surface area (Å²) in [5.41, 5.74) is 0. The summed E-state index contributed by atoms with van der Waals surface area (Å²) in [5, 5.41) is 2.65. The van der Waals surface area contributed by atoms with E-state index in [1.807, 2.05) is 14.1 Å². The van der Waals surface area contributed by atoms with E-state index in [-0.39, 0.29) is 5.30 Å². The van der Waals surface area contributed by atoms with Crippen LogP contribution in [0.5, 0.6) is 0 Å². The summed E-state index contributed by atoms with van der Waals surface area (Å²) < 4.78 is 5.22. The first-order chi connectivity index (χ1) is 7.06. The molecule has 6 heteroatoms. The van der Waals surface area contributed by atoms with Crippen LogP contribution in [-0.2, 0) is 4.74 Å². The molecular formula is C9H18N2O2S2. The highest BCUT2D eigenvalue weighted by molar-refractivity contribution is 8.32. The van der Waals surface area contributed by atoms with Gasteiger partial charge in [-0.15, -0.1) is 0 Å². The molecule has 0 aromatic rings. The Morgan fingerprint density at radius 3 is 2.73 bits per heavy atom. The number of rotatable bonds is 5. The van der Waals surface area contributed by atoms with Gasteiger partial charge in [0.25, 0.3) is 0 Å². The van der Waals surface area contributed by atoms with Crippen LogP contribution in [0.3, 0.4) is 0 Å². The van der Waals surface area contributed by atoms with E-state index in [4.69, 9.17) is 17.0 Å². The highest BCUT2D eigenvalue weighted by atomic mass is 32.2. The van der Waals surface area contributed by atoms with Gasteiger partial charge >= 0.3 is 5.30 Å². The lowest BCUT2D eigenvalue weighted by atomic mass is 10.4. The van der Waals surface area contributed by atoms with E-state index < -0.39 is 0 Å². The molecule has 0 atom stereocenters. The third-order valence-corrected chi connectivity index (χ3v) is 2.50. The van der Waals surface area contributed by atoms with Crippen molar-refractivity contribution in [2.75, 3.05) is 33.8 Å². The molecule has 88 valence electrons. The van der Waals surface area contributed by atoms with E-state index >= 15 is 0 Å². The zero-order valence-corrected chi connectivity index (χ0v) is 11.0. The molecule has 0 aliphatic heterocycles. The molecule has 0 aromatic carbocycles. The molecule has 0 aliphatic rings. The molecule has 4 nitrogen and oxygen atoms in total. The summed E-state index contributed by atoms with van der Waals surface area (Å²) in [6.07, 6.45) is 0.997. The molecule has 0 aromatic heterocycles. The second kappa shape index (κ2) is 8.94. The van der Waals surface area contributed by atoms with Crippen molar-refractivity contribution in [1.29, 1.82) is 0 Å². The molecule has 0 fully saturated rings. The molecule has 0 spiro atoms. The number of thioether (sulfide) groups is 1. The Labute approximate surface area is 101 Å². The molecule has 0 heterocycles.